The van der Waals surface area contributed by atoms with Crippen LogP contribution in [0.25, 0.3) is 6.08 Å². The maximum atomic E-state index is 12.4. The van der Waals surface area contributed by atoms with E-state index in [-0.39, 0.29) is 17.0 Å². The summed E-state index contributed by atoms with van der Waals surface area (Å²) in [5.74, 6) is -1.16. The molecule has 0 radical (unpaired) electrons. The second-order valence-corrected chi connectivity index (χ2v) is 5.28. The van der Waals surface area contributed by atoms with Crippen LogP contribution in [-0.2, 0) is 9.53 Å². The monoisotopic (exact) mass is 361 g/mol. The van der Waals surface area contributed by atoms with Crippen LogP contribution in [0.5, 0.6) is 5.75 Å². The molecule has 0 saturated heterocycles. The van der Waals surface area contributed by atoms with Crippen molar-refractivity contribution in [3.8, 4) is 5.75 Å². The third-order valence-corrected chi connectivity index (χ3v) is 3.39. The number of aryl methyl sites for hydroxylation is 1. The molecule has 1 amide bonds. The number of nitrogens with one attached hydrogen (secondary N) is 1. The molecule has 2 aromatic rings. The number of hydrogen-bond donors (Lipinski definition) is 1. The van der Waals surface area contributed by atoms with E-state index in [1.54, 1.807) is 37.3 Å². The van der Waals surface area contributed by atoms with Crippen LogP contribution in [0.15, 0.2) is 48.5 Å². The number of ether oxygens (including phenoxy) is 2. The molecule has 0 fully saturated rings. The van der Waals surface area contributed by atoms with E-state index in [0.29, 0.717) is 5.56 Å². The minimum Gasteiger partial charge on any atom is -0.465 e. The normalized spacial score (nSPS) is 10.8. The molecular formula is C19H17F2NO4. The summed E-state index contributed by atoms with van der Waals surface area (Å²) in [5.41, 5.74) is 1.65. The molecule has 0 spiro atoms. The summed E-state index contributed by atoms with van der Waals surface area (Å²) in [6, 6.07) is 11.0. The van der Waals surface area contributed by atoms with Crippen LogP contribution in [0.1, 0.15) is 21.5 Å². The Kier molecular flexibility index (Phi) is 6.43. The third kappa shape index (κ3) is 5.14. The van der Waals surface area contributed by atoms with Crippen molar-refractivity contribution in [1.29, 1.82) is 0 Å². The Hall–Kier alpha value is -3.22. The fraction of sp³-hybridized carbons (Fsp3) is 0.158. The fourth-order valence-corrected chi connectivity index (χ4v) is 2.21. The minimum absolute atomic E-state index is 0.0443. The Labute approximate surface area is 149 Å². The first-order valence-electron chi connectivity index (χ1n) is 7.62. The summed E-state index contributed by atoms with van der Waals surface area (Å²) >= 11 is 0. The van der Waals surface area contributed by atoms with Gasteiger partial charge in [-0.25, -0.2) is 4.79 Å². The highest BCUT2D eigenvalue weighted by Gasteiger charge is 2.13. The van der Waals surface area contributed by atoms with Crippen molar-refractivity contribution in [3.63, 3.8) is 0 Å². The molecule has 0 saturated carbocycles. The SMILES string of the molecule is COC(=O)c1cc(C)ccc1NC(=O)C=Cc1ccccc1OC(F)F. The molecule has 0 aliphatic rings. The zero-order valence-electron chi connectivity index (χ0n) is 14.2. The predicted molar refractivity (Wildman–Crippen MR) is 93.3 cm³/mol. The number of carbonyl (C=O) groups is 2. The van der Waals surface area contributed by atoms with Crippen molar-refractivity contribution in [2.24, 2.45) is 0 Å². The molecule has 136 valence electrons. The Morgan fingerprint density at radius 1 is 1.15 bits per heavy atom. The molecule has 0 unspecified atom stereocenters. The summed E-state index contributed by atoms with van der Waals surface area (Å²) in [6.45, 7) is -1.16. The molecule has 0 bridgehead atoms. The lowest BCUT2D eigenvalue weighted by Gasteiger charge is -2.09. The van der Waals surface area contributed by atoms with Gasteiger partial charge in [-0.1, -0.05) is 29.8 Å². The molecule has 1 N–H and O–H groups in total. The number of benzene rings is 2. The molecule has 5 nitrogen and oxygen atoms in total. The molecule has 0 heterocycles. The first kappa shape index (κ1) is 19.1. The van der Waals surface area contributed by atoms with Crippen LogP contribution in [0.3, 0.4) is 0 Å². The summed E-state index contributed by atoms with van der Waals surface area (Å²) in [5, 5.41) is 2.57. The van der Waals surface area contributed by atoms with Crippen LogP contribution >= 0.6 is 0 Å². The van der Waals surface area contributed by atoms with Crippen molar-refractivity contribution in [2.75, 3.05) is 12.4 Å². The van der Waals surface area contributed by atoms with Crippen molar-refractivity contribution >= 4 is 23.6 Å². The number of rotatable bonds is 6. The number of anilines is 1. The first-order valence-corrected chi connectivity index (χ1v) is 7.62. The lowest BCUT2D eigenvalue weighted by molar-refractivity contribution is -0.111. The quantitative estimate of drug-likeness (QED) is 0.623. The van der Waals surface area contributed by atoms with Crippen LogP contribution in [-0.4, -0.2) is 25.6 Å². The van der Waals surface area contributed by atoms with E-state index in [2.05, 4.69) is 10.1 Å². The van der Waals surface area contributed by atoms with E-state index in [1.165, 1.54) is 25.3 Å². The molecule has 0 aromatic heterocycles. The Morgan fingerprint density at radius 3 is 2.58 bits per heavy atom. The van der Waals surface area contributed by atoms with Crippen LogP contribution < -0.4 is 10.1 Å². The maximum Gasteiger partial charge on any atom is 0.387 e. The largest absolute Gasteiger partial charge is 0.465 e. The summed E-state index contributed by atoms with van der Waals surface area (Å²) in [6.07, 6.45) is 2.51. The van der Waals surface area contributed by atoms with Crippen molar-refractivity contribution in [3.05, 3.63) is 65.2 Å². The van der Waals surface area contributed by atoms with Gasteiger partial charge >= 0.3 is 12.6 Å². The molecule has 7 heteroatoms. The standard InChI is InChI=1S/C19H17F2NO4/c1-12-7-9-15(14(11-12)18(24)25-2)22-17(23)10-8-13-5-3-4-6-16(13)26-19(20)21/h3-11,19H,1-2H3,(H,22,23). The second-order valence-electron chi connectivity index (χ2n) is 5.28. The Morgan fingerprint density at radius 2 is 1.88 bits per heavy atom. The highest BCUT2D eigenvalue weighted by Crippen LogP contribution is 2.22. The van der Waals surface area contributed by atoms with E-state index < -0.39 is 18.5 Å². The number of hydrogen-bond acceptors (Lipinski definition) is 4. The van der Waals surface area contributed by atoms with Crippen molar-refractivity contribution < 1.29 is 27.8 Å². The average molecular weight is 361 g/mol. The van der Waals surface area contributed by atoms with Gasteiger partial charge in [-0.3, -0.25) is 4.79 Å². The maximum absolute atomic E-state index is 12.4. The number of para-hydroxylation sites is 1. The number of carbonyl (C=O) groups excluding carboxylic acids is 2. The van der Waals surface area contributed by atoms with Crippen LogP contribution in [0, 0.1) is 6.92 Å². The molecule has 26 heavy (non-hydrogen) atoms. The van der Waals surface area contributed by atoms with E-state index in [1.807, 2.05) is 0 Å². The van der Waals surface area contributed by atoms with Gasteiger partial charge in [-0.15, -0.1) is 0 Å². The minimum atomic E-state index is -2.96. The molecule has 2 rings (SSSR count). The van der Waals surface area contributed by atoms with Gasteiger partial charge in [-0.05, 0) is 31.2 Å². The van der Waals surface area contributed by atoms with Gasteiger partial charge in [-0.2, -0.15) is 8.78 Å². The van der Waals surface area contributed by atoms with Crippen LogP contribution in [0.4, 0.5) is 14.5 Å². The number of alkyl halides is 2. The van der Waals surface area contributed by atoms with Gasteiger partial charge in [0.1, 0.15) is 5.75 Å². The van der Waals surface area contributed by atoms with E-state index in [9.17, 15) is 18.4 Å². The van der Waals surface area contributed by atoms with Gasteiger partial charge in [0.25, 0.3) is 0 Å². The molecule has 0 aliphatic heterocycles. The number of amides is 1. The Bertz CT molecular complexity index is 834. The second kappa shape index (κ2) is 8.75. The fourth-order valence-electron chi connectivity index (χ4n) is 2.21. The summed E-state index contributed by atoms with van der Waals surface area (Å²) in [4.78, 5) is 23.9. The average Bonchev–Trinajstić information content (AvgIpc) is 2.61. The zero-order valence-corrected chi connectivity index (χ0v) is 14.2. The van der Waals surface area contributed by atoms with Gasteiger partial charge in [0.15, 0.2) is 0 Å². The topological polar surface area (TPSA) is 64.6 Å². The number of methoxy groups -OCH3 is 1. The number of esters is 1. The molecule has 2 aromatic carbocycles. The van der Waals surface area contributed by atoms with E-state index in [4.69, 9.17) is 4.74 Å². The lowest BCUT2D eigenvalue weighted by atomic mass is 10.1. The van der Waals surface area contributed by atoms with Gasteiger partial charge in [0, 0.05) is 11.6 Å². The summed E-state index contributed by atoms with van der Waals surface area (Å²) < 4.78 is 33.9. The van der Waals surface area contributed by atoms with Gasteiger partial charge in [0.2, 0.25) is 5.91 Å². The zero-order chi connectivity index (χ0) is 19.1. The van der Waals surface area contributed by atoms with Crippen molar-refractivity contribution in [2.45, 2.75) is 13.5 Å². The predicted octanol–water partition coefficient (Wildman–Crippen LogP) is 4.03. The van der Waals surface area contributed by atoms with Gasteiger partial charge in [0.05, 0.1) is 18.4 Å². The molecule has 0 atom stereocenters. The Balaban J connectivity index is 2.17. The van der Waals surface area contributed by atoms with Gasteiger partial charge < -0.3 is 14.8 Å². The van der Waals surface area contributed by atoms with Crippen molar-refractivity contribution in [1.82, 2.24) is 0 Å². The highest BCUT2D eigenvalue weighted by atomic mass is 19.3. The molecule has 0 aliphatic carbocycles. The first-order chi connectivity index (χ1) is 12.4. The highest BCUT2D eigenvalue weighted by molar-refractivity contribution is 6.06. The summed E-state index contributed by atoms with van der Waals surface area (Å²) in [7, 11) is 1.25. The smallest absolute Gasteiger partial charge is 0.387 e. The third-order valence-electron chi connectivity index (χ3n) is 3.39. The van der Waals surface area contributed by atoms with E-state index >= 15 is 0 Å². The van der Waals surface area contributed by atoms with Crippen LogP contribution in [0.2, 0.25) is 0 Å². The molecular weight excluding hydrogens is 344 g/mol. The lowest BCUT2D eigenvalue weighted by Crippen LogP contribution is -2.13. The van der Waals surface area contributed by atoms with E-state index in [0.717, 1.165) is 11.6 Å². The number of halogens is 2.